The second-order valence-electron chi connectivity index (χ2n) is 4.31. The largest absolute Gasteiger partial charge is 0.483 e. The lowest BCUT2D eigenvalue weighted by Gasteiger charge is -2.07. The average Bonchev–Trinajstić information content (AvgIpc) is 2.76. The normalized spacial score (nSPS) is 15.6. The molecule has 114 valence electrons. The van der Waals surface area contributed by atoms with Crippen LogP contribution in [0.2, 0.25) is 0 Å². The van der Waals surface area contributed by atoms with E-state index < -0.39 is 11.8 Å². The zero-order valence-electron chi connectivity index (χ0n) is 11.7. The van der Waals surface area contributed by atoms with E-state index in [1.54, 1.807) is 30.3 Å². The molecular weight excluding hydrogens is 306 g/mol. The third-order valence-corrected chi connectivity index (χ3v) is 3.38. The smallest absolute Gasteiger partial charge is 0.286 e. The highest BCUT2D eigenvalue weighted by Crippen LogP contribution is 2.30. The molecule has 2 rings (SSSR count). The number of carbonyl (C=O) groups excluding carboxylic acids is 3. The molecule has 8 heteroatoms. The summed E-state index contributed by atoms with van der Waals surface area (Å²) < 4.78 is 5.29. The topological polar surface area (TPSA) is 111 Å². The molecule has 0 bridgehead atoms. The molecule has 0 spiro atoms. The van der Waals surface area contributed by atoms with Crippen molar-refractivity contribution in [2.24, 2.45) is 10.7 Å². The Bertz CT molecular complexity index is 697. The summed E-state index contributed by atoms with van der Waals surface area (Å²) in [5.74, 6) is -0.913. The van der Waals surface area contributed by atoms with Crippen LogP contribution in [0.4, 0.5) is 0 Å². The maximum Gasteiger partial charge on any atom is 0.286 e. The Labute approximate surface area is 130 Å². The lowest BCUT2D eigenvalue weighted by atomic mass is 10.2. The SMILES string of the molecule is CC(=O)NC1=NC(=O)/C(=C/c2ccccc2OCC(N)=O)S1. The molecule has 7 nitrogen and oxygen atoms in total. The number of amidine groups is 1. The highest BCUT2D eigenvalue weighted by Gasteiger charge is 2.22. The number of para-hydroxylation sites is 1. The van der Waals surface area contributed by atoms with Gasteiger partial charge in [-0.2, -0.15) is 4.99 Å². The molecule has 0 aromatic heterocycles. The lowest BCUT2D eigenvalue weighted by molar-refractivity contribution is -0.120. The van der Waals surface area contributed by atoms with Gasteiger partial charge in [0, 0.05) is 12.5 Å². The number of amides is 3. The van der Waals surface area contributed by atoms with E-state index in [2.05, 4.69) is 10.3 Å². The van der Waals surface area contributed by atoms with Crippen molar-refractivity contribution in [1.82, 2.24) is 5.32 Å². The number of carbonyl (C=O) groups is 3. The summed E-state index contributed by atoms with van der Waals surface area (Å²) in [5, 5.41) is 2.70. The predicted molar refractivity (Wildman–Crippen MR) is 83.0 cm³/mol. The molecule has 0 aliphatic carbocycles. The summed E-state index contributed by atoms with van der Waals surface area (Å²) in [6, 6.07) is 6.90. The van der Waals surface area contributed by atoms with Crippen LogP contribution < -0.4 is 15.8 Å². The zero-order chi connectivity index (χ0) is 16.1. The number of aliphatic imine (C=N–C) groups is 1. The molecule has 0 saturated heterocycles. The summed E-state index contributed by atoms with van der Waals surface area (Å²) in [7, 11) is 0. The minimum Gasteiger partial charge on any atom is -0.483 e. The van der Waals surface area contributed by atoms with Crippen molar-refractivity contribution in [3.8, 4) is 5.75 Å². The Balaban J connectivity index is 2.18. The first-order chi connectivity index (χ1) is 10.5. The van der Waals surface area contributed by atoms with Crippen LogP contribution in [0.15, 0.2) is 34.2 Å². The summed E-state index contributed by atoms with van der Waals surface area (Å²) in [6.45, 7) is 1.08. The number of rotatable bonds is 4. The molecule has 0 unspecified atom stereocenters. The first-order valence-electron chi connectivity index (χ1n) is 6.26. The second kappa shape index (κ2) is 6.90. The summed E-state index contributed by atoms with van der Waals surface area (Å²) in [5.41, 5.74) is 5.65. The molecule has 1 aromatic rings. The fourth-order valence-electron chi connectivity index (χ4n) is 1.63. The van der Waals surface area contributed by atoms with Crippen molar-refractivity contribution in [2.75, 3.05) is 6.61 Å². The van der Waals surface area contributed by atoms with Gasteiger partial charge in [-0.1, -0.05) is 18.2 Å². The number of nitrogens with two attached hydrogens (primary N) is 1. The van der Waals surface area contributed by atoms with Crippen LogP contribution >= 0.6 is 11.8 Å². The average molecular weight is 319 g/mol. The lowest BCUT2D eigenvalue weighted by Crippen LogP contribution is -2.23. The van der Waals surface area contributed by atoms with Crippen molar-refractivity contribution < 1.29 is 19.1 Å². The molecule has 1 heterocycles. The van der Waals surface area contributed by atoms with Gasteiger partial charge < -0.3 is 15.8 Å². The van der Waals surface area contributed by atoms with E-state index in [4.69, 9.17) is 10.5 Å². The maximum absolute atomic E-state index is 11.8. The van der Waals surface area contributed by atoms with E-state index in [-0.39, 0.29) is 17.7 Å². The Hall–Kier alpha value is -2.61. The van der Waals surface area contributed by atoms with Crippen molar-refractivity contribution in [2.45, 2.75) is 6.92 Å². The number of nitrogens with one attached hydrogen (secondary N) is 1. The number of nitrogens with zero attached hydrogens (tertiary/aromatic N) is 1. The fraction of sp³-hybridized carbons (Fsp3) is 0.143. The highest BCUT2D eigenvalue weighted by molar-refractivity contribution is 8.18. The summed E-state index contributed by atoms with van der Waals surface area (Å²) in [6.07, 6.45) is 1.58. The molecule has 0 atom stereocenters. The molecule has 3 N–H and O–H groups in total. The summed E-state index contributed by atoms with van der Waals surface area (Å²) in [4.78, 5) is 37.7. The van der Waals surface area contributed by atoms with E-state index in [0.717, 1.165) is 11.8 Å². The van der Waals surface area contributed by atoms with E-state index in [0.29, 0.717) is 16.2 Å². The van der Waals surface area contributed by atoms with Gasteiger partial charge in [0.05, 0.1) is 4.91 Å². The van der Waals surface area contributed by atoms with Gasteiger partial charge in [0.1, 0.15) is 5.75 Å². The molecule has 0 fully saturated rings. The van der Waals surface area contributed by atoms with Crippen molar-refractivity contribution in [3.05, 3.63) is 34.7 Å². The summed E-state index contributed by atoms with van der Waals surface area (Å²) >= 11 is 1.06. The second-order valence-corrected chi connectivity index (χ2v) is 5.34. The van der Waals surface area contributed by atoms with Gasteiger partial charge in [-0.3, -0.25) is 14.4 Å². The number of hydrogen-bond donors (Lipinski definition) is 2. The number of ether oxygens (including phenoxy) is 1. The van der Waals surface area contributed by atoms with Crippen LogP contribution in [0.3, 0.4) is 0 Å². The molecule has 1 aromatic carbocycles. The van der Waals surface area contributed by atoms with Gasteiger partial charge in [-0.05, 0) is 23.9 Å². The van der Waals surface area contributed by atoms with Gasteiger partial charge in [0.25, 0.3) is 11.8 Å². The molecule has 1 aliphatic rings. The van der Waals surface area contributed by atoms with E-state index in [9.17, 15) is 14.4 Å². The van der Waals surface area contributed by atoms with Crippen molar-refractivity contribution in [3.63, 3.8) is 0 Å². The third kappa shape index (κ3) is 4.19. The highest BCUT2D eigenvalue weighted by atomic mass is 32.2. The van der Waals surface area contributed by atoms with Gasteiger partial charge in [-0.15, -0.1) is 0 Å². The van der Waals surface area contributed by atoms with Crippen LogP contribution in [0.1, 0.15) is 12.5 Å². The van der Waals surface area contributed by atoms with Crippen molar-refractivity contribution in [1.29, 1.82) is 0 Å². The predicted octanol–water partition coefficient (Wildman–Crippen LogP) is 0.657. The molecular formula is C14H13N3O4S. The molecule has 1 aliphatic heterocycles. The van der Waals surface area contributed by atoms with Crippen LogP contribution in [0, 0.1) is 0 Å². The Morgan fingerprint density at radius 3 is 2.82 bits per heavy atom. The minimum absolute atomic E-state index is 0.235. The monoisotopic (exact) mass is 319 g/mol. The van der Waals surface area contributed by atoms with Crippen LogP contribution in [-0.2, 0) is 14.4 Å². The molecule has 22 heavy (non-hydrogen) atoms. The van der Waals surface area contributed by atoms with Gasteiger partial charge in [-0.25, -0.2) is 0 Å². The molecule has 0 saturated carbocycles. The Morgan fingerprint density at radius 2 is 2.14 bits per heavy atom. The first kappa shape index (κ1) is 15.8. The zero-order valence-corrected chi connectivity index (χ0v) is 12.5. The molecule has 3 amide bonds. The number of hydrogen-bond acceptors (Lipinski definition) is 5. The first-order valence-corrected chi connectivity index (χ1v) is 7.07. The number of primary amides is 1. The van der Waals surface area contributed by atoms with Gasteiger partial charge in [0.15, 0.2) is 11.8 Å². The number of benzene rings is 1. The van der Waals surface area contributed by atoms with Crippen molar-refractivity contribution >= 4 is 40.7 Å². The van der Waals surface area contributed by atoms with E-state index in [1.807, 2.05) is 0 Å². The van der Waals surface area contributed by atoms with Crippen LogP contribution in [0.25, 0.3) is 6.08 Å². The molecule has 0 radical (unpaired) electrons. The van der Waals surface area contributed by atoms with Gasteiger partial charge in [0.2, 0.25) is 5.91 Å². The van der Waals surface area contributed by atoms with E-state index >= 15 is 0 Å². The quantitative estimate of drug-likeness (QED) is 0.792. The van der Waals surface area contributed by atoms with E-state index in [1.165, 1.54) is 6.92 Å². The third-order valence-electron chi connectivity index (χ3n) is 2.48. The standard InChI is InChI=1S/C14H13N3O4S/c1-8(18)16-14-17-13(20)11(22-14)6-9-4-2-3-5-10(9)21-7-12(15)19/h2-6H,7H2,1H3,(H2,15,19)(H,16,17,18,20)/b11-6-. The van der Waals surface area contributed by atoms with Crippen LogP contribution in [0.5, 0.6) is 5.75 Å². The maximum atomic E-state index is 11.8. The Morgan fingerprint density at radius 1 is 1.41 bits per heavy atom. The number of thioether (sulfide) groups is 1. The van der Waals surface area contributed by atoms with Gasteiger partial charge >= 0.3 is 0 Å². The van der Waals surface area contributed by atoms with Crippen LogP contribution in [-0.4, -0.2) is 29.5 Å². The fourth-order valence-corrected chi connectivity index (χ4v) is 2.49. The minimum atomic E-state index is -0.593. The Kier molecular flexibility index (Phi) is 4.95.